The third-order valence-corrected chi connectivity index (χ3v) is 2.10. The van der Waals surface area contributed by atoms with Gasteiger partial charge in [0.2, 0.25) is 0 Å². The SMILES string of the molecule is CCCNCC(=O)c1cccc(OC)c1. The van der Waals surface area contributed by atoms with E-state index in [2.05, 4.69) is 12.2 Å². The van der Waals surface area contributed by atoms with Crippen LogP contribution in [0.25, 0.3) is 0 Å². The third-order valence-electron chi connectivity index (χ3n) is 2.10. The molecule has 1 aromatic rings. The van der Waals surface area contributed by atoms with Gasteiger partial charge in [0, 0.05) is 5.56 Å². The average molecular weight is 207 g/mol. The molecule has 0 aliphatic heterocycles. The lowest BCUT2D eigenvalue weighted by Crippen LogP contribution is -2.23. The molecule has 1 aromatic carbocycles. The second-order valence-electron chi connectivity index (χ2n) is 3.33. The molecule has 0 heterocycles. The van der Waals surface area contributed by atoms with Gasteiger partial charge in [-0.05, 0) is 25.1 Å². The fraction of sp³-hybridized carbons (Fsp3) is 0.417. The van der Waals surface area contributed by atoms with E-state index in [0.717, 1.165) is 18.7 Å². The quantitative estimate of drug-likeness (QED) is 0.571. The molecule has 0 unspecified atom stereocenters. The van der Waals surface area contributed by atoms with Gasteiger partial charge in [-0.25, -0.2) is 0 Å². The fourth-order valence-corrected chi connectivity index (χ4v) is 1.28. The fourth-order valence-electron chi connectivity index (χ4n) is 1.28. The van der Waals surface area contributed by atoms with E-state index >= 15 is 0 Å². The summed E-state index contributed by atoms with van der Waals surface area (Å²) in [7, 11) is 1.60. The van der Waals surface area contributed by atoms with Gasteiger partial charge in [-0.2, -0.15) is 0 Å². The summed E-state index contributed by atoms with van der Waals surface area (Å²) in [5.41, 5.74) is 0.693. The Balaban J connectivity index is 2.57. The van der Waals surface area contributed by atoms with Crippen LogP contribution in [0.15, 0.2) is 24.3 Å². The van der Waals surface area contributed by atoms with Crippen LogP contribution in [-0.2, 0) is 0 Å². The van der Waals surface area contributed by atoms with E-state index in [1.54, 1.807) is 19.2 Å². The lowest BCUT2D eigenvalue weighted by Gasteiger charge is -2.04. The summed E-state index contributed by atoms with van der Waals surface area (Å²) in [6, 6.07) is 7.22. The van der Waals surface area contributed by atoms with Crippen molar-refractivity contribution < 1.29 is 9.53 Å². The van der Waals surface area contributed by atoms with Crippen LogP contribution >= 0.6 is 0 Å². The van der Waals surface area contributed by atoms with Crippen LogP contribution in [0.2, 0.25) is 0 Å². The topological polar surface area (TPSA) is 38.3 Å². The highest BCUT2D eigenvalue weighted by atomic mass is 16.5. The molecule has 0 saturated carbocycles. The molecule has 82 valence electrons. The number of hydrogen-bond acceptors (Lipinski definition) is 3. The van der Waals surface area contributed by atoms with Gasteiger partial charge in [-0.1, -0.05) is 19.1 Å². The number of carbonyl (C=O) groups is 1. The molecule has 3 heteroatoms. The minimum atomic E-state index is 0.0994. The van der Waals surface area contributed by atoms with Gasteiger partial charge >= 0.3 is 0 Å². The van der Waals surface area contributed by atoms with Gasteiger partial charge in [0.1, 0.15) is 5.75 Å². The first-order valence-corrected chi connectivity index (χ1v) is 5.16. The lowest BCUT2D eigenvalue weighted by molar-refractivity contribution is 0.0991. The molecule has 0 bridgehead atoms. The molecule has 0 spiro atoms. The zero-order valence-electron chi connectivity index (χ0n) is 9.25. The number of carbonyl (C=O) groups excluding carboxylic acids is 1. The summed E-state index contributed by atoms with van der Waals surface area (Å²) in [4.78, 5) is 11.7. The van der Waals surface area contributed by atoms with Crippen molar-refractivity contribution in [3.05, 3.63) is 29.8 Å². The van der Waals surface area contributed by atoms with E-state index in [4.69, 9.17) is 4.74 Å². The van der Waals surface area contributed by atoms with Crippen molar-refractivity contribution >= 4 is 5.78 Å². The molecule has 1 N–H and O–H groups in total. The minimum Gasteiger partial charge on any atom is -0.497 e. The Morgan fingerprint density at radius 2 is 2.27 bits per heavy atom. The lowest BCUT2D eigenvalue weighted by atomic mass is 10.1. The number of rotatable bonds is 6. The molecule has 0 fully saturated rings. The second kappa shape index (κ2) is 6.19. The molecule has 0 amide bonds. The summed E-state index contributed by atoms with van der Waals surface area (Å²) in [5, 5.41) is 3.08. The predicted octanol–water partition coefficient (Wildman–Crippen LogP) is 1.88. The van der Waals surface area contributed by atoms with Gasteiger partial charge in [0.15, 0.2) is 5.78 Å². The van der Waals surface area contributed by atoms with Gasteiger partial charge < -0.3 is 10.1 Å². The molecular weight excluding hydrogens is 190 g/mol. The molecule has 0 aliphatic carbocycles. The van der Waals surface area contributed by atoms with Crippen LogP contribution in [0.5, 0.6) is 5.75 Å². The number of hydrogen-bond donors (Lipinski definition) is 1. The minimum absolute atomic E-state index is 0.0994. The van der Waals surface area contributed by atoms with Gasteiger partial charge in [-0.15, -0.1) is 0 Å². The molecular formula is C12H17NO2. The second-order valence-corrected chi connectivity index (χ2v) is 3.33. The van der Waals surface area contributed by atoms with Crippen molar-refractivity contribution in [3.8, 4) is 5.75 Å². The summed E-state index contributed by atoms with van der Waals surface area (Å²) in [5.74, 6) is 0.818. The molecule has 1 rings (SSSR count). The van der Waals surface area contributed by atoms with Gasteiger partial charge in [-0.3, -0.25) is 4.79 Å². The molecule has 0 aliphatic rings. The summed E-state index contributed by atoms with van der Waals surface area (Å²) in [6.45, 7) is 3.33. The van der Waals surface area contributed by atoms with E-state index in [9.17, 15) is 4.79 Å². The predicted molar refractivity (Wildman–Crippen MR) is 60.5 cm³/mol. The van der Waals surface area contributed by atoms with Crippen LogP contribution in [0, 0.1) is 0 Å². The number of ketones is 1. The Morgan fingerprint density at radius 3 is 2.93 bits per heavy atom. The summed E-state index contributed by atoms with van der Waals surface area (Å²) in [6.07, 6.45) is 1.03. The Kier molecular flexibility index (Phi) is 4.84. The Bertz CT molecular complexity index is 323. The number of nitrogens with one attached hydrogen (secondary N) is 1. The van der Waals surface area contributed by atoms with E-state index in [0.29, 0.717) is 12.1 Å². The maximum atomic E-state index is 11.7. The first-order valence-electron chi connectivity index (χ1n) is 5.16. The summed E-state index contributed by atoms with van der Waals surface area (Å²) >= 11 is 0. The molecule has 0 radical (unpaired) electrons. The molecule has 15 heavy (non-hydrogen) atoms. The number of benzene rings is 1. The van der Waals surface area contributed by atoms with Crippen molar-refractivity contribution in [3.63, 3.8) is 0 Å². The number of Topliss-reactive ketones (excluding diaryl/α,β-unsaturated/α-hetero) is 1. The zero-order valence-corrected chi connectivity index (χ0v) is 9.25. The van der Waals surface area contributed by atoms with Crippen molar-refractivity contribution in [2.45, 2.75) is 13.3 Å². The highest BCUT2D eigenvalue weighted by Gasteiger charge is 2.05. The van der Waals surface area contributed by atoms with E-state index < -0.39 is 0 Å². The van der Waals surface area contributed by atoms with Crippen molar-refractivity contribution in [1.82, 2.24) is 5.32 Å². The Morgan fingerprint density at radius 1 is 1.47 bits per heavy atom. The highest BCUT2D eigenvalue weighted by molar-refractivity contribution is 5.97. The van der Waals surface area contributed by atoms with Crippen LogP contribution in [0.4, 0.5) is 0 Å². The van der Waals surface area contributed by atoms with E-state index in [1.165, 1.54) is 0 Å². The molecule has 0 atom stereocenters. The molecule has 0 saturated heterocycles. The smallest absolute Gasteiger partial charge is 0.176 e. The first-order chi connectivity index (χ1) is 7.27. The molecule has 0 aromatic heterocycles. The van der Waals surface area contributed by atoms with Crippen molar-refractivity contribution in [2.75, 3.05) is 20.2 Å². The van der Waals surface area contributed by atoms with E-state index in [1.807, 2.05) is 12.1 Å². The van der Waals surface area contributed by atoms with Crippen LogP contribution in [-0.4, -0.2) is 26.0 Å². The average Bonchev–Trinajstić information content (AvgIpc) is 2.29. The summed E-state index contributed by atoms with van der Waals surface area (Å²) < 4.78 is 5.06. The van der Waals surface area contributed by atoms with Crippen LogP contribution < -0.4 is 10.1 Å². The largest absolute Gasteiger partial charge is 0.497 e. The van der Waals surface area contributed by atoms with Crippen LogP contribution in [0.3, 0.4) is 0 Å². The van der Waals surface area contributed by atoms with E-state index in [-0.39, 0.29) is 5.78 Å². The highest BCUT2D eigenvalue weighted by Crippen LogP contribution is 2.12. The van der Waals surface area contributed by atoms with Gasteiger partial charge in [0.25, 0.3) is 0 Å². The number of methoxy groups -OCH3 is 1. The van der Waals surface area contributed by atoms with Crippen molar-refractivity contribution in [1.29, 1.82) is 0 Å². The maximum Gasteiger partial charge on any atom is 0.176 e. The third kappa shape index (κ3) is 3.72. The standard InChI is InChI=1S/C12H17NO2/c1-3-7-13-9-12(14)10-5-4-6-11(8-10)15-2/h4-6,8,13H,3,7,9H2,1-2H3. The zero-order chi connectivity index (χ0) is 11.1. The monoisotopic (exact) mass is 207 g/mol. The van der Waals surface area contributed by atoms with Crippen LogP contribution in [0.1, 0.15) is 23.7 Å². The first kappa shape index (κ1) is 11.7. The Hall–Kier alpha value is -1.35. The van der Waals surface area contributed by atoms with Gasteiger partial charge in [0.05, 0.1) is 13.7 Å². The Labute approximate surface area is 90.4 Å². The normalized spacial score (nSPS) is 10.0. The molecule has 3 nitrogen and oxygen atoms in total. The number of ether oxygens (including phenoxy) is 1. The van der Waals surface area contributed by atoms with Crippen molar-refractivity contribution in [2.24, 2.45) is 0 Å². The maximum absolute atomic E-state index is 11.7.